The molecule has 2 heterocycles. The van der Waals surface area contributed by atoms with Gasteiger partial charge in [0.2, 0.25) is 0 Å². The van der Waals surface area contributed by atoms with Crippen molar-refractivity contribution in [3.05, 3.63) is 124 Å². The number of hydrogen-bond donors (Lipinski definition) is 0. The molecule has 1 aliphatic heterocycles. The van der Waals surface area contributed by atoms with Gasteiger partial charge in [-0.25, -0.2) is 9.79 Å². The van der Waals surface area contributed by atoms with Gasteiger partial charge in [-0.15, -0.1) is 0 Å². The molecule has 222 valence electrons. The van der Waals surface area contributed by atoms with Gasteiger partial charge in [0.25, 0.3) is 5.56 Å². The summed E-state index contributed by atoms with van der Waals surface area (Å²) in [5, 5.41) is 0.969. The molecule has 0 saturated heterocycles. The number of nitrogens with zero attached hydrogens (tertiary/aromatic N) is 2. The lowest BCUT2D eigenvalue weighted by Crippen LogP contribution is -2.40. The van der Waals surface area contributed by atoms with Crippen molar-refractivity contribution in [3.63, 3.8) is 0 Å². The number of hydrogen-bond acceptors (Lipinski definition) is 7. The minimum atomic E-state index is -0.697. The summed E-state index contributed by atoms with van der Waals surface area (Å²) in [6.07, 6.45) is 1.49. The average molecular weight is 638 g/mol. The molecular weight excluding hydrogens is 607 g/mol. The molecule has 3 aromatic carbocycles. The van der Waals surface area contributed by atoms with Gasteiger partial charge in [0, 0.05) is 0 Å². The first-order valence-corrected chi connectivity index (χ1v) is 15.3. The van der Waals surface area contributed by atoms with Crippen LogP contribution in [0.5, 0.6) is 11.5 Å². The summed E-state index contributed by atoms with van der Waals surface area (Å²) in [7, 11) is 0. The molecule has 0 unspecified atom stereocenters. The maximum atomic E-state index is 13.9. The zero-order chi connectivity index (χ0) is 30.7. The van der Waals surface area contributed by atoms with Crippen molar-refractivity contribution < 1.29 is 19.0 Å². The topological polar surface area (TPSA) is 79.1 Å². The van der Waals surface area contributed by atoms with Crippen LogP contribution in [0.4, 0.5) is 0 Å². The summed E-state index contributed by atoms with van der Waals surface area (Å²) >= 11 is 13.4. The zero-order valence-corrected chi connectivity index (χ0v) is 26.4. The van der Waals surface area contributed by atoms with E-state index in [0.717, 1.165) is 16.7 Å². The van der Waals surface area contributed by atoms with Crippen molar-refractivity contribution in [3.8, 4) is 11.5 Å². The molecule has 0 N–H and O–H groups in total. The third-order valence-corrected chi connectivity index (χ3v) is 8.38. The third-order valence-electron chi connectivity index (χ3n) is 6.66. The quantitative estimate of drug-likeness (QED) is 0.197. The fraction of sp³-hybridized carbons (Fsp3) is 0.242. The van der Waals surface area contributed by atoms with Gasteiger partial charge >= 0.3 is 5.97 Å². The van der Waals surface area contributed by atoms with E-state index in [0.29, 0.717) is 55.4 Å². The maximum absolute atomic E-state index is 13.9. The molecule has 0 fully saturated rings. The number of thiazole rings is 1. The van der Waals surface area contributed by atoms with E-state index in [2.05, 4.69) is 4.99 Å². The number of allylic oxidation sites excluding steroid dienone is 1. The number of carbonyl (C=O) groups excluding carboxylic acids is 1. The first kappa shape index (κ1) is 30.6. The monoisotopic (exact) mass is 636 g/mol. The van der Waals surface area contributed by atoms with Crippen LogP contribution in [0.25, 0.3) is 6.08 Å². The van der Waals surface area contributed by atoms with Crippen LogP contribution >= 0.6 is 34.5 Å². The van der Waals surface area contributed by atoms with Gasteiger partial charge in [-0.2, -0.15) is 0 Å². The Hall–Kier alpha value is -3.85. The lowest BCUT2D eigenvalue weighted by Gasteiger charge is -2.25. The van der Waals surface area contributed by atoms with E-state index in [9.17, 15) is 9.59 Å². The predicted octanol–water partition coefficient (Wildman–Crippen LogP) is 6.47. The molecule has 10 heteroatoms. The molecule has 0 bridgehead atoms. The Balaban J connectivity index is 1.48. The lowest BCUT2D eigenvalue weighted by atomic mass is 9.96. The molecule has 7 nitrogen and oxygen atoms in total. The predicted molar refractivity (Wildman–Crippen MR) is 170 cm³/mol. The fourth-order valence-electron chi connectivity index (χ4n) is 4.70. The van der Waals surface area contributed by atoms with Gasteiger partial charge in [-0.05, 0) is 86.9 Å². The van der Waals surface area contributed by atoms with Gasteiger partial charge in [0.1, 0.15) is 18.1 Å². The third kappa shape index (κ3) is 6.88. The standard InChI is InChI=1S/C33H30Cl2N2O5S/c1-5-40-24-13-9-23(10-14-24)30-29(32(39)42-19(2)3)20(4)36-33-37(30)31(38)28(43-33)17-21-6-11-25(12-7-21)41-18-22-8-15-26(34)27(35)16-22/h6-17,19,30H,5,18H2,1-4H3/b28-17+/t30-/m0/s1. The van der Waals surface area contributed by atoms with Crippen LogP contribution in [0.15, 0.2) is 87.8 Å². The highest BCUT2D eigenvalue weighted by atomic mass is 35.5. The number of esters is 1. The van der Waals surface area contributed by atoms with Crippen LogP contribution < -0.4 is 24.4 Å². The molecule has 43 heavy (non-hydrogen) atoms. The van der Waals surface area contributed by atoms with E-state index >= 15 is 0 Å². The minimum Gasteiger partial charge on any atom is -0.494 e. The second-order valence-electron chi connectivity index (χ2n) is 10.1. The van der Waals surface area contributed by atoms with Crippen LogP contribution in [0.1, 0.15) is 50.4 Å². The Morgan fingerprint density at radius 1 is 1.00 bits per heavy atom. The van der Waals surface area contributed by atoms with Gasteiger partial charge in [-0.1, -0.05) is 64.9 Å². The highest BCUT2D eigenvalue weighted by Crippen LogP contribution is 2.32. The molecule has 0 spiro atoms. The Morgan fingerprint density at radius 2 is 1.67 bits per heavy atom. The Morgan fingerprint density at radius 3 is 2.33 bits per heavy atom. The van der Waals surface area contributed by atoms with Crippen molar-refractivity contribution in [2.24, 2.45) is 4.99 Å². The van der Waals surface area contributed by atoms with Crippen LogP contribution in [0.3, 0.4) is 0 Å². The lowest BCUT2D eigenvalue weighted by molar-refractivity contribution is -0.143. The maximum Gasteiger partial charge on any atom is 0.338 e. The van der Waals surface area contributed by atoms with Gasteiger partial charge in [0.15, 0.2) is 4.80 Å². The molecule has 0 radical (unpaired) electrons. The highest BCUT2D eigenvalue weighted by Gasteiger charge is 2.33. The molecule has 1 aliphatic rings. The number of benzene rings is 3. The number of ether oxygens (including phenoxy) is 3. The second kappa shape index (κ2) is 13.2. The molecule has 0 aliphatic carbocycles. The summed E-state index contributed by atoms with van der Waals surface area (Å²) in [5.41, 5.74) is 3.07. The van der Waals surface area contributed by atoms with Gasteiger partial charge in [-0.3, -0.25) is 9.36 Å². The number of halogens is 2. The van der Waals surface area contributed by atoms with E-state index in [-0.39, 0.29) is 11.7 Å². The largest absolute Gasteiger partial charge is 0.494 e. The molecule has 4 aromatic rings. The Kier molecular flexibility index (Phi) is 9.40. The van der Waals surface area contributed by atoms with Crippen LogP contribution in [-0.4, -0.2) is 23.2 Å². The molecule has 0 amide bonds. The summed E-state index contributed by atoms with van der Waals surface area (Å²) in [6, 6.07) is 19.5. The van der Waals surface area contributed by atoms with E-state index in [4.69, 9.17) is 37.4 Å². The van der Waals surface area contributed by atoms with E-state index < -0.39 is 12.0 Å². The molecule has 1 atom stereocenters. The summed E-state index contributed by atoms with van der Waals surface area (Å²) < 4.78 is 19.1. The number of carbonyl (C=O) groups is 1. The fourth-order valence-corrected chi connectivity index (χ4v) is 6.06. The normalized spacial score (nSPS) is 14.9. The Labute approximate surface area is 263 Å². The highest BCUT2D eigenvalue weighted by molar-refractivity contribution is 7.07. The van der Waals surface area contributed by atoms with Gasteiger partial charge in [0.05, 0.1) is 44.6 Å². The summed E-state index contributed by atoms with van der Waals surface area (Å²) in [5.74, 6) is 0.875. The minimum absolute atomic E-state index is 0.245. The van der Waals surface area contributed by atoms with Crippen LogP contribution in [0.2, 0.25) is 10.0 Å². The first-order valence-electron chi connectivity index (χ1n) is 13.8. The van der Waals surface area contributed by atoms with Crippen LogP contribution in [-0.2, 0) is 16.1 Å². The Bertz CT molecular complexity index is 1860. The van der Waals surface area contributed by atoms with Crippen molar-refractivity contribution in [2.45, 2.75) is 46.4 Å². The molecule has 1 aromatic heterocycles. The van der Waals surface area contributed by atoms with E-state index in [1.807, 2.05) is 67.6 Å². The van der Waals surface area contributed by atoms with Gasteiger partial charge < -0.3 is 14.2 Å². The second-order valence-corrected chi connectivity index (χ2v) is 12.0. The molecule has 0 saturated carbocycles. The summed E-state index contributed by atoms with van der Waals surface area (Å²) in [4.78, 5) is 32.3. The van der Waals surface area contributed by atoms with Crippen molar-refractivity contribution in [1.29, 1.82) is 0 Å². The molecular formula is C33H30Cl2N2O5S. The molecule has 5 rings (SSSR count). The average Bonchev–Trinajstić information content (AvgIpc) is 3.27. The number of aromatic nitrogens is 1. The summed E-state index contributed by atoms with van der Waals surface area (Å²) in [6.45, 7) is 8.13. The first-order chi connectivity index (χ1) is 20.6. The van der Waals surface area contributed by atoms with Crippen molar-refractivity contribution in [2.75, 3.05) is 6.61 Å². The van der Waals surface area contributed by atoms with Crippen LogP contribution in [0, 0.1) is 0 Å². The SMILES string of the molecule is CCOc1ccc([C@H]2C(C(=O)OC(C)C)=C(C)N=c3s/c(=C/c4ccc(OCc5ccc(Cl)c(Cl)c5)cc4)c(=O)n32)cc1. The number of rotatable bonds is 9. The van der Waals surface area contributed by atoms with Crippen molar-refractivity contribution in [1.82, 2.24) is 4.57 Å². The zero-order valence-electron chi connectivity index (χ0n) is 24.1. The smallest absolute Gasteiger partial charge is 0.338 e. The van der Waals surface area contributed by atoms with Crippen molar-refractivity contribution >= 4 is 46.6 Å². The number of fused-ring (bicyclic) bond motifs is 1. The van der Waals surface area contributed by atoms with E-state index in [1.165, 1.54) is 11.3 Å². The van der Waals surface area contributed by atoms with E-state index in [1.54, 1.807) is 37.5 Å².